The van der Waals surface area contributed by atoms with Gasteiger partial charge in [0.2, 0.25) is 0 Å². The molecule has 2 aromatic carbocycles. The zero-order valence-electron chi connectivity index (χ0n) is 15.0. The number of ether oxygens (including phenoxy) is 3. The van der Waals surface area contributed by atoms with Crippen LogP contribution in [0.25, 0.3) is 11.4 Å². The van der Waals surface area contributed by atoms with E-state index < -0.39 is 6.04 Å². The second kappa shape index (κ2) is 7.88. The number of aromatic nitrogens is 3. The fourth-order valence-corrected chi connectivity index (χ4v) is 2.67. The predicted octanol–water partition coefficient (Wildman–Crippen LogP) is 2.94. The Bertz CT molecular complexity index is 879. The normalized spacial score (nSPS) is 11.8. The minimum atomic E-state index is -0.476. The molecule has 0 aliphatic rings. The molecule has 3 rings (SSSR count). The second-order valence-corrected chi connectivity index (χ2v) is 5.57. The van der Waals surface area contributed by atoms with Gasteiger partial charge in [-0.1, -0.05) is 18.2 Å². The van der Waals surface area contributed by atoms with Gasteiger partial charge in [0, 0.05) is 0 Å². The van der Waals surface area contributed by atoms with Crippen LogP contribution in [0.5, 0.6) is 17.2 Å². The lowest BCUT2D eigenvalue weighted by Gasteiger charge is -2.13. The Kier molecular flexibility index (Phi) is 5.38. The SMILES string of the molecule is CCOc1ccc(C(N)c2nc(-c3ccccc3OC)n[nH]2)cc1OC. The maximum absolute atomic E-state index is 6.36. The molecule has 136 valence electrons. The highest BCUT2D eigenvalue weighted by molar-refractivity contribution is 5.63. The Morgan fingerprint density at radius 2 is 1.81 bits per heavy atom. The first-order valence-corrected chi connectivity index (χ1v) is 8.30. The molecule has 0 aliphatic heterocycles. The maximum Gasteiger partial charge on any atom is 0.184 e. The Balaban J connectivity index is 1.89. The van der Waals surface area contributed by atoms with Crippen molar-refractivity contribution in [2.45, 2.75) is 13.0 Å². The van der Waals surface area contributed by atoms with E-state index in [0.29, 0.717) is 35.5 Å². The number of hydrogen-bond donors (Lipinski definition) is 2. The molecule has 0 saturated carbocycles. The van der Waals surface area contributed by atoms with Gasteiger partial charge in [-0.15, -0.1) is 0 Å². The van der Waals surface area contributed by atoms with E-state index in [1.54, 1.807) is 14.2 Å². The average molecular weight is 354 g/mol. The van der Waals surface area contributed by atoms with Gasteiger partial charge in [0.25, 0.3) is 0 Å². The molecule has 0 amide bonds. The highest BCUT2D eigenvalue weighted by atomic mass is 16.5. The molecule has 1 heterocycles. The first-order chi connectivity index (χ1) is 12.7. The molecule has 3 aromatic rings. The smallest absolute Gasteiger partial charge is 0.184 e. The highest BCUT2D eigenvalue weighted by Crippen LogP contribution is 2.32. The van der Waals surface area contributed by atoms with E-state index in [1.165, 1.54) is 0 Å². The monoisotopic (exact) mass is 354 g/mol. The fraction of sp³-hybridized carbons (Fsp3) is 0.263. The number of nitrogens with one attached hydrogen (secondary N) is 1. The summed E-state index contributed by atoms with van der Waals surface area (Å²) in [6.07, 6.45) is 0. The summed E-state index contributed by atoms with van der Waals surface area (Å²) in [5, 5.41) is 7.20. The number of nitrogens with two attached hydrogens (primary N) is 1. The Labute approximate surface area is 152 Å². The molecule has 3 N–H and O–H groups in total. The van der Waals surface area contributed by atoms with E-state index in [2.05, 4.69) is 15.2 Å². The topological polar surface area (TPSA) is 95.3 Å². The van der Waals surface area contributed by atoms with Crippen LogP contribution in [0.3, 0.4) is 0 Å². The molecule has 0 radical (unpaired) electrons. The van der Waals surface area contributed by atoms with Gasteiger partial charge in [0.05, 0.1) is 32.4 Å². The summed E-state index contributed by atoms with van der Waals surface area (Å²) in [6.45, 7) is 2.49. The lowest BCUT2D eigenvalue weighted by atomic mass is 10.1. The van der Waals surface area contributed by atoms with Gasteiger partial charge in [-0.3, -0.25) is 5.10 Å². The number of nitrogens with zero attached hydrogens (tertiary/aromatic N) is 2. The van der Waals surface area contributed by atoms with Crippen molar-refractivity contribution in [1.29, 1.82) is 0 Å². The summed E-state index contributed by atoms with van der Waals surface area (Å²) in [5.74, 6) is 3.10. The largest absolute Gasteiger partial charge is 0.496 e. The quantitative estimate of drug-likeness (QED) is 0.677. The summed E-state index contributed by atoms with van der Waals surface area (Å²) >= 11 is 0. The van der Waals surface area contributed by atoms with Crippen LogP contribution in [0.4, 0.5) is 0 Å². The van der Waals surface area contributed by atoms with Crippen molar-refractivity contribution in [2.75, 3.05) is 20.8 Å². The fourth-order valence-electron chi connectivity index (χ4n) is 2.67. The van der Waals surface area contributed by atoms with Gasteiger partial charge in [-0.2, -0.15) is 5.10 Å². The van der Waals surface area contributed by atoms with Crippen molar-refractivity contribution in [3.05, 3.63) is 53.9 Å². The van der Waals surface area contributed by atoms with Crippen LogP contribution in [0.15, 0.2) is 42.5 Å². The summed E-state index contributed by atoms with van der Waals surface area (Å²) in [7, 11) is 3.21. The Morgan fingerprint density at radius 3 is 2.54 bits per heavy atom. The third kappa shape index (κ3) is 3.48. The first-order valence-electron chi connectivity index (χ1n) is 8.30. The number of para-hydroxylation sites is 1. The number of rotatable bonds is 7. The second-order valence-electron chi connectivity index (χ2n) is 5.57. The Hall–Kier alpha value is -3.06. The van der Waals surface area contributed by atoms with Gasteiger partial charge in [-0.05, 0) is 36.8 Å². The third-order valence-electron chi connectivity index (χ3n) is 3.99. The number of aromatic amines is 1. The molecule has 0 bridgehead atoms. The lowest BCUT2D eigenvalue weighted by Crippen LogP contribution is -2.14. The van der Waals surface area contributed by atoms with Crippen molar-refractivity contribution >= 4 is 0 Å². The van der Waals surface area contributed by atoms with Gasteiger partial charge >= 0.3 is 0 Å². The van der Waals surface area contributed by atoms with E-state index in [9.17, 15) is 0 Å². The Morgan fingerprint density at radius 1 is 1.04 bits per heavy atom. The molecule has 0 spiro atoms. The predicted molar refractivity (Wildman–Crippen MR) is 98.6 cm³/mol. The first kappa shape index (κ1) is 17.8. The summed E-state index contributed by atoms with van der Waals surface area (Å²) in [5.41, 5.74) is 8.01. The van der Waals surface area contributed by atoms with Gasteiger partial charge < -0.3 is 19.9 Å². The number of methoxy groups -OCH3 is 2. The van der Waals surface area contributed by atoms with Crippen molar-refractivity contribution < 1.29 is 14.2 Å². The van der Waals surface area contributed by atoms with Crippen LogP contribution in [-0.2, 0) is 0 Å². The van der Waals surface area contributed by atoms with Gasteiger partial charge in [0.15, 0.2) is 17.3 Å². The van der Waals surface area contributed by atoms with Crippen molar-refractivity contribution in [3.63, 3.8) is 0 Å². The number of hydrogen-bond acceptors (Lipinski definition) is 6. The molecule has 1 unspecified atom stereocenters. The number of H-pyrrole nitrogens is 1. The van der Waals surface area contributed by atoms with Crippen molar-refractivity contribution in [3.8, 4) is 28.6 Å². The minimum Gasteiger partial charge on any atom is -0.496 e. The average Bonchev–Trinajstić information content (AvgIpc) is 3.18. The van der Waals surface area contributed by atoms with Crippen LogP contribution in [-0.4, -0.2) is 36.0 Å². The standard InChI is InChI=1S/C19H22N4O3/c1-4-26-15-10-9-12(11-16(15)25-3)17(20)19-21-18(22-23-19)13-7-5-6-8-14(13)24-2/h5-11,17H,4,20H2,1-3H3,(H,21,22,23). The van der Waals surface area contributed by atoms with Crippen LogP contribution in [0, 0.1) is 0 Å². The molecular formula is C19H22N4O3. The summed E-state index contributed by atoms with van der Waals surface area (Å²) < 4.78 is 16.3. The molecule has 1 atom stereocenters. The van der Waals surface area contributed by atoms with Crippen molar-refractivity contribution in [1.82, 2.24) is 15.2 Å². The molecule has 7 heteroatoms. The zero-order valence-corrected chi connectivity index (χ0v) is 15.0. The molecule has 26 heavy (non-hydrogen) atoms. The summed E-state index contributed by atoms with van der Waals surface area (Å²) in [6, 6.07) is 12.7. The van der Waals surface area contributed by atoms with Gasteiger partial charge in [-0.25, -0.2) is 4.98 Å². The lowest BCUT2D eigenvalue weighted by molar-refractivity contribution is 0.310. The molecule has 0 fully saturated rings. The van der Waals surface area contributed by atoms with Crippen LogP contribution in [0.2, 0.25) is 0 Å². The van der Waals surface area contributed by atoms with Crippen LogP contribution < -0.4 is 19.9 Å². The maximum atomic E-state index is 6.36. The van der Waals surface area contributed by atoms with Crippen LogP contribution in [0.1, 0.15) is 24.4 Å². The molecule has 0 aliphatic carbocycles. The summed E-state index contributed by atoms with van der Waals surface area (Å²) in [4.78, 5) is 4.54. The van der Waals surface area contributed by atoms with E-state index in [4.69, 9.17) is 19.9 Å². The molecule has 0 saturated heterocycles. The van der Waals surface area contributed by atoms with Gasteiger partial charge in [0.1, 0.15) is 11.6 Å². The van der Waals surface area contributed by atoms with Crippen LogP contribution >= 0.6 is 0 Å². The van der Waals surface area contributed by atoms with E-state index in [1.807, 2.05) is 49.4 Å². The third-order valence-corrected chi connectivity index (χ3v) is 3.99. The highest BCUT2D eigenvalue weighted by Gasteiger charge is 2.18. The molecule has 1 aromatic heterocycles. The van der Waals surface area contributed by atoms with E-state index in [0.717, 1.165) is 11.1 Å². The van der Waals surface area contributed by atoms with E-state index in [-0.39, 0.29) is 0 Å². The number of benzene rings is 2. The molecular weight excluding hydrogens is 332 g/mol. The van der Waals surface area contributed by atoms with Crippen molar-refractivity contribution in [2.24, 2.45) is 5.73 Å². The molecule has 7 nitrogen and oxygen atoms in total. The minimum absolute atomic E-state index is 0.476. The van der Waals surface area contributed by atoms with E-state index >= 15 is 0 Å². The zero-order chi connectivity index (χ0) is 18.5.